The fraction of sp³-hybridized carbons (Fsp3) is 0.625. The number of nitrogens with one attached hydrogen (secondary N) is 1. The smallest absolute Gasteiger partial charge is 0.121 e. The van der Waals surface area contributed by atoms with E-state index in [1.807, 2.05) is 24.3 Å². The molecule has 19 heavy (non-hydrogen) atoms. The van der Waals surface area contributed by atoms with Crippen molar-refractivity contribution in [2.24, 2.45) is 5.41 Å². The van der Waals surface area contributed by atoms with Crippen LogP contribution >= 0.6 is 0 Å². The molecule has 0 fully saturated rings. The van der Waals surface area contributed by atoms with Gasteiger partial charge in [-0.25, -0.2) is 0 Å². The number of anilines is 1. The molecule has 0 amide bonds. The highest BCUT2D eigenvalue weighted by Crippen LogP contribution is 2.27. The van der Waals surface area contributed by atoms with Crippen LogP contribution in [0.4, 0.5) is 5.69 Å². The van der Waals surface area contributed by atoms with Gasteiger partial charge in [0.05, 0.1) is 13.2 Å². The van der Waals surface area contributed by atoms with Gasteiger partial charge in [0.2, 0.25) is 0 Å². The van der Waals surface area contributed by atoms with Crippen molar-refractivity contribution in [1.29, 1.82) is 0 Å². The molecule has 0 spiro atoms. The maximum atomic E-state index is 9.56. The molecular formula is C16H27NO2. The van der Waals surface area contributed by atoms with Gasteiger partial charge in [-0.15, -0.1) is 0 Å². The van der Waals surface area contributed by atoms with Crippen molar-refractivity contribution < 1.29 is 9.84 Å². The summed E-state index contributed by atoms with van der Waals surface area (Å²) in [5, 5.41) is 13.0. The molecule has 0 saturated heterocycles. The van der Waals surface area contributed by atoms with Gasteiger partial charge in [-0.3, -0.25) is 0 Å². The lowest BCUT2D eigenvalue weighted by atomic mass is 9.83. The van der Waals surface area contributed by atoms with Crippen LogP contribution < -0.4 is 10.1 Å². The number of ether oxygens (including phenoxy) is 1. The molecule has 0 aromatic heterocycles. The molecule has 0 heterocycles. The normalized spacial score (nSPS) is 11.4. The topological polar surface area (TPSA) is 41.5 Å². The van der Waals surface area contributed by atoms with Gasteiger partial charge in [0.15, 0.2) is 0 Å². The number of rotatable bonds is 9. The Morgan fingerprint density at radius 1 is 1.21 bits per heavy atom. The Morgan fingerprint density at radius 2 is 1.95 bits per heavy atom. The van der Waals surface area contributed by atoms with Crippen molar-refractivity contribution in [3.8, 4) is 5.75 Å². The van der Waals surface area contributed by atoms with Crippen LogP contribution in [-0.2, 0) is 0 Å². The first-order valence-electron chi connectivity index (χ1n) is 7.27. The van der Waals surface area contributed by atoms with E-state index in [0.29, 0.717) is 0 Å². The van der Waals surface area contributed by atoms with Crippen molar-refractivity contribution in [2.75, 3.05) is 25.1 Å². The molecule has 3 heteroatoms. The molecule has 0 unspecified atom stereocenters. The first kappa shape index (κ1) is 15.8. The number of benzene rings is 1. The fourth-order valence-corrected chi connectivity index (χ4v) is 1.98. The van der Waals surface area contributed by atoms with Crippen LogP contribution in [-0.4, -0.2) is 24.9 Å². The lowest BCUT2D eigenvalue weighted by molar-refractivity contribution is 0.127. The van der Waals surface area contributed by atoms with Gasteiger partial charge in [-0.2, -0.15) is 0 Å². The summed E-state index contributed by atoms with van der Waals surface area (Å²) in [6.45, 7) is 8.10. The van der Waals surface area contributed by atoms with Crippen LogP contribution in [0.25, 0.3) is 0 Å². The number of aliphatic hydroxyl groups is 1. The quantitative estimate of drug-likeness (QED) is 0.715. The summed E-state index contributed by atoms with van der Waals surface area (Å²) < 4.78 is 5.62. The Morgan fingerprint density at radius 3 is 2.53 bits per heavy atom. The third kappa shape index (κ3) is 4.75. The average molecular weight is 265 g/mol. The minimum Gasteiger partial charge on any atom is -0.494 e. The van der Waals surface area contributed by atoms with Gasteiger partial charge in [-0.05, 0) is 31.4 Å². The minimum absolute atomic E-state index is 0.0275. The molecule has 0 radical (unpaired) electrons. The van der Waals surface area contributed by atoms with Gasteiger partial charge in [0.1, 0.15) is 5.75 Å². The molecule has 108 valence electrons. The van der Waals surface area contributed by atoms with Crippen LogP contribution in [0.1, 0.15) is 40.0 Å². The Balaban J connectivity index is 2.61. The zero-order valence-corrected chi connectivity index (χ0v) is 12.4. The van der Waals surface area contributed by atoms with E-state index in [1.54, 1.807) is 0 Å². The van der Waals surface area contributed by atoms with Crippen LogP contribution in [0.3, 0.4) is 0 Å². The van der Waals surface area contributed by atoms with Crippen LogP contribution in [0, 0.1) is 5.41 Å². The summed E-state index contributed by atoms with van der Waals surface area (Å²) >= 11 is 0. The molecule has 0 aliphatic carbocycles. The van der Waals surface area contributed by atoms with E-state index in [9.17, 15) is 5.11 Å². The van der Waals surface area contributed by atoms with Crippen molar-refractivity contribution in [3.63, 3.8) is 0 Å². The summed E-state index contributed by atoms with van der Waals surface area (Å²) in [5.41, 5.74) is 1.02. The number of aliphatic hydroxyl groups excluding tert-OH is 1. The molecular weight excluding hydrogens is 238 g/mol. The van der Waals surface area contributed by atoms with Gasteiger partial charge < -0.3 is 15.2 Å². The van der Waals surface area contributed by atoms with Gasteiger partial charge in [0.25, 0.3) is 0 Å². The van der Waals surface area contributed by atoms with E-state index in [1.165, 1.54) is 0 Å². The largest absolute Gasteiger partial charge is 0.494 e. The van der Waals surface area contributed by atoms with E-state index in [4.69, 9.17) is 4.74 Å². The first-order chi connectivity index (χ1) is 9.19. The van der Waals surface area contributed by atoms with Gasteiger partial charge in [0, 0.05) is 23.7 Å². The maximum absolute atomic E-state index is 9.56. The zero-order chi connectivity index (χ0) is 14.1. The van der Waals surface area contributed by atoms with Crippen molar-refractivity contribution in [3.05, 3.63) is 24.3 Å². The molecule has 0 bridgehead atoms. The van der Waals surface area contributed by atoms with E-state index in [2.05, 4.69) is 26.1 Å². The second-order valence-corrected chi connectivity index (χ2v) is 5.10. The molecule has 0 atom stereocenters. The van der Waals surface area contributed by atoms with E-state index in [0.717, 1.165) is 43.9 Å². The van der Waals surface area contributed by atoms with E-state index >= 15 is 0 Å². The predicted octanol–water partition coefficient (Wildman–Crippen LogP) is 3.69. The third-order valence-corrected chi connectivity index (χ3v) is 3.81. The number of hydrogen-bond acceptors (Lipinski definition) is 3. The summed E-state index contributed by atoms with van der Waals surface area (Å²) in [5.74, 6) is 0.898. The Labute approximate surface area is 117 Å². The van der Waals surface area contributed by atoms with Crippen LogP contribution in [0.2, 0.25) is 0 Å². The Hall–Kier alpha value is -1.22. The molecule has 1 rings (SSSR count). The predicted molar refractivity (Wildman–Crippen MR) is 80.8 cm³/mol. The Kier molecular flexibility index (Phi) is 6.71. The second-order valence-electron chi connectivity index (χ2n) is 5.10. The molecule has 1 aromatic rings. The maximum Gasteiger partial charge on any atom is 0.121 e. The monoisotopic (exact) mass is 265 g/mol. The van der Waals surface area contributed by atoms with Gasteiger partial charge in [-0.1, -0.05) is 26.8 Å². The van der Waals surface area contributed by atoms with Crippen LogP contribution in [0.15, 0.2) is 24.3 Å². The molecule has 3 nitrogen and oxygen atoms in total. The highest BCUT2D eigenvalue weighted by molar-refractivity contribution is 5.48. The summed E-state index contributed by atoms with van der Waals surface area (Å²) in [6, 6.07) is 8.01. The molecule has 2 N–H and O–H groups in total. The lowest BCUT2D eigenvalue weighted by Crippen LogP contribution is -2.32. The SMILES string of the molecule is CCCOc1cccc(NCC(CC)(CC)CO)c1. The third-order valence-electron chi connectivity index (χ3n) is 3.81. The number of hydrogen-bond donors (Lipinski definition) is 2. The standard InChI is InChI=1S/C16H27NO2/c1-4-10-19-15-9-7-8-14(11-15)17-12-16(5-2,6-3)13-18/h7-9,11,17-18H,4-6,10,12-13H2,1-3H3. The van der Waals surface area contributed by atoms with Crippen molar-refractivity contribution >= 4 is 5.69 Å². The first-order valence-corrected chi connectivity index (χ1v) is 7.27. The molecule has 0 aliphatic rings. The minimum atomic E-state index is -0.0275. The summed E-state index contributed by atoms with van der Waals surface area (Å²) in [7, 11) is 0. The summed E-state index contributed by atoms with van der Waals surface area (Å²) in [4.78, 5) is 0. The highest BCUT2D eigenvalue weighted by atomic mass is 16.5. The second kappa shape index (κ2) is 8.05. The van der Waals surface area contributed by atoms with Gasteiger partial charge >= 0.3 is 0 Å². The lowest BCUT2D eigenvalue weighted by Gasteiger charge is -2.30. The summed E-state index contributed by atoms with van der Waals surface area (Å²) in [6.07, 6.45) is 2.95. The average Bonchev–Trinajstić information content (AvgIpc) is 2.47. The van der Waals surface area contributed by atoms with Crippen molar-refractivity contribution in [2.45, 2.75) is 40.0 Å². The molecule has 0 aliphatic heterocycles. The zero-order valence-electron chi connectivity index (χ0n) is 12.4. The molecule has 1 aromatic carbocycles. The van der Waals surface area contributed by atoms with E-state index in [-0.39, 0.29) is 12.0 Å². The molecule has 0 saturated carbocycles. The fourth-order valence-electron chi connectivity index (χ4n) is 1.98. The van der Waals surface area contributed by atoms with Crippen LogP contribution in [0.5, 0.6) is 5.75 Å². The van der Waals surface area contributed by atoms with Crippen molar-refractivity contribution in [1.82, 2.24) is 0 Å². The van der Waals surface area contributed by atoms with E-state index < -0.39 is 0 Å². The Bertz CT molecular complexity index is 353. The highest BCUT2D eigenvalue weighted by Gasteiger charge is 2.24.